The van der Waals surface area contributed by atoms with Gasteiger partial charge in [0.2, 0.25) is 0 Å². The van der Waals surface area contributed by atoms with Gasteiger partial charge in [0.25, 0.3) is 0 Å². The minimum Gasteiger partial charge on any atom is -0.507 e. The third-order valence-corrected chi connectivity index (χ3v) is 10.1. The number of unbranched alkanes of at least 4 members (excludes halogenated alkanes) is 2. The topological polar surface area (TPSA) is 29.5 Å². The van der Waals surface area contributed by atoms with Crippen LogP contribution in [-0.2, 0) is 10.8 Å². The molecule has 1 aromatic rings. The molecule has 0 spiro atoms. The number of thioether (sulfide) groups is 1. The molecule has 2 unspecified atom stereocenters. The predicted molar refractivity (Wildman–Crippen MR) is 150 cm³/mol. The van der Waals surface area contributed by atoms with Crippen LogP contribution in [0.3, 0.4) is 0 Å². The molecule has 2 nitrogen and oxygen atoms in total. The van der Waals surface area contributed by atoms with Gasteiger partial charge in [0.1, 0.15) is 11.5 Å². The van der Waals surface area contributed by atoms with E-state index in [1.54, 1.807) is 12.1 Å². The fourth-order valence-electron chi connectivity index (χ4n) is 5.99. The largest absolute Gasteiger partial charge is 0.507 e. The van der Waals surface area contributed by atoms with E-state index in [0.29, 0.717) is 35.1 Å². The van der Waals surface area contributed by atoms with Crippen molar-refractivity contribution in [3.05, 3.63) is 23.3 Å². The van der Waals surface area contributed by atoms with Crippen LogP contribution in [0.1, 0.15) is 124 Å². The van der Waals surface area contributed by atoms with Crippen LogP contribution >= 0.6 is 11.8 Å². The normalized spacial score (nSPS) is 26.1. The molecule has 1 saturated carbocycles. The molecule has 0 aromatic heterocycles. The SMILES string of the molecule is CCCCCC1CCC(C2CCC(C(F)(F)Oc3cc(C(C)(C)C)c(O)c(C(C)(C)C)c3)CC2)SC1. The lowest BCUT2D eigenvalue weighted by atomic mass is 9.78. The molecule has 1 aromatic carbocycles. The summed E-state index contributed by atoms with van der Waals surface area (Å²) in [5.74, 6) is 2.26. The van der Waals surface area contributed by atoms with Crippen LogP contribution in [-0.4, -0.2) is 22.2 Å². The molecule has 2 fully saturated rings. The summed E-state index contributed by atoms with van der Waals surface area (Å²) in [5.41, 5.74) is 0.519. The molecular weight excluding hydrogens is 474 g/mol. The van der Waals surface area contributed by atoms with Gasteiger partial charge in [-0.05, 0) is 85.5 Å². The second-order valence-electron chi connectivity index (χ2n) is 13.5. The van der Waals surface area contributed by atoms with Gasteiger partial charge in [0, 0.05) is 16.4 Å². The van der Waals surface area contributed by atoms with Gasteiger partial charge in [-0.1, -0.05) is 67.7 Å². The molecule has 36 heavy (non-hydrogen) atoms. The van der Waals surface area contributed by atoms with E-state index < -0.39 is 12.0 Å². The van der Waals surface area contributed by atoms with Gasteiger partial charge < -0.3 is 9.84 Å². The first kappa shape index (κ1) is 29.6. The number of aromatic hydroxyl groups is 1. The minimum atomic E-state index is -3.21. The number of halogens is 2. The highest BCUT2D eigenvalue weighted by molar-refractivity contribution is 7.99. The van der Waals surface area contributed by atoms with Crippen LogP contribution in [0.4, 0.5) is 8.78 Å². The number of ether oxygens (including phenoxy) is 1. The Kier molecular flexibility index (Phi) is 9.72. The van der Waals surface area contributed by atoms with Crippen molar-refractivity contribution in [2.24, 2.45) is 17.8 Å². The van der Waals surface area contributed by atoms with Crippen molar-refractivity contribution in [2.45, 2.75) is 135 Å². The Balaban J connectivity index is 1.61. The Hall–Kier alpha value is -0.970. The second kappa shape index (κ2) is 11.8. The van der Waals surface area contributed by atoms with Gasteiger partial charge in [-0.15, -0.1) is 0 Å². The van der Waals surface area contributed by atoms with Crippen molar-refractivity contribution in [1.29, 1.82) is 0 Å². The molecular formula is C31H50F2O2S. The number of phenols is 1. The summed E-state index contributed by atoms with van der Waals surface area (Å²) < 4.78 is 36.3. The maximum atomic E-state index is 15.4. The van der Waals surface area contributed by atoms with Crippen molar-refractivity contribution in [1.82, 2.24) is 0 Å². The Morgan fingerprint density at radius 1 is 0.889 bits per heavy atom. The van der Waals surface area contributed by atoms with E-state index in [2.05, 4.69) is 18.7 Å². The zero-order valence-corrected chi connectivity index (χ0v) is 24.6. The molecule has 1 saturated heterocycles. The van der Waals surface area contributed by atoms with Gasteiger partial charge >= 0.3 is 6.11 Å². The van der Waals surface area contributed by atoms with Crippen LogP contribution in [0.2, 0.25) is 0 Å². The molecule has 3 rings (SSSR count). The first-order valence-electron chi connectivity index (χ1n) is 14.3. The van der Waals surface area contributed by atoms with E-state index in [1.807, 2.05) is 41.5 Å². The first-order valence-corrected chi connectivity index (χ1v) is 15.3. The van der Waals surface area contributed by atoms with Crippen molar-refractivity contribution in [2.75, 3.05) is 5.75 Å². The number of hydrogen-bond donors (Lipinski definition) is 1. The molecule has 206 valence electrons. The molecule has 2 atom stereocenters. The fourth-order valence-corrected chi connectivity index (χ4v) is 7.69. The van der Waals surface area contributed by atoms with Gasteiger partial charge in [-0.3, -0.25) is 0 Å². The highest BCUT2D eigenvalue weighted by atomic mass is 32.2. The van der Waals surface area contributed by atoms with Crippen molar-refractivity contribution < 1.29 is 18.6 Å². The average Bonchev–Trinajstić information content (AvgIpc) is 2.79. The van der Waals surface area contributed by atoms with Crippen molar-refractivity contribution in [3.63, 3.8) is 0 Å². The van der Waals surface area contributed by atoms with Crippen LogP contribution in [0, 0.1) is 17.8 Å². The molecule has 0 amide bonds. The third kappa shape index (κ3) is 7.54. The van der Waals surface area contributed by atoms with E-state index in [9.17, 15) is 5.11 Å². The molecule has 1 heterocycles. The summed E-state index contributed by atoms with van der Waals surface area (Å²) in [7, 11) is 0. The number of alkyl halides is 2. The highest BCUT2D eigenvalue weighted by Gasteiger charge is 2.45. The molecule has 1 N–H and O–H groups in total. The van der Waals surface area contributed by atoms with Crippen LogP contribution < -0.4 is 4.74 Å². The highest BCUT2D eigenvalue weighted by Crippen LogP contribution is 2.47. The van der Waals surface area contributed by atoms with E-state index in [4.69, 9.17) is 4.74 Å². The van der Waals surface area contributed by atoms with Crippen LogP contribution in [0.5, 0.6) is 11.5 Å². The third-order valence-electron chi connectivity index (χ3n) is 8.35. The quantitative estimate of drug-likeness (QED) is 0.343. The Labute approximate surface area is 223 Å². The van der Waals surface area contributed by atoms with Crippen molar-refractivity contribution >= 4 is 11.8 Å². The summed E-state index contributed by atoms with van der Waals surface area (Å²) in [5, 5.41) is 11.6. The Bertz CT molecular complexity index is 804. The lowest BCUT2D eigenvalue weighted by molar-refractivity contribution is -0.223. The second-order valence-corrected chi connectivity index (χ2v) is 14.7. The summed E-state index contributed by atoms with van der Waals surface area (Å²) in [6.07, 6.45) is 7.46. The van der Waals surface area contributed by atoms with Crippen molar-refractivity contribution in [3.8, 4) is 11.5 Å². The predicted octanol–water partition coefficient (Wildman–Crippen LogP) is 9.86. The zero-order chi connectivity index (χ0) is 26.7. The first-order chi connectivity index (χ1) is 16.7. The van der Waals surface area contributed by atoms with Gasteiger partial charge in [0.15, 0.2) is 0 Å². The van der Waals surface area contributed by atoms with Crippen LogP contribution in [0.25, 0.3) is 0 Å². The molecule has 0 radical (unpaired) electrons. The molecule has 2 aliphatic rings. The smallest absolute Gasteiger partial charge is 0.400 e. The van der Waals surface area contributed by atoms with E-state index in [1.165, 1.54) is 44.3 Å². The number of benzene rings is 1. The summed E-state index contributed by atoms with van der Waals surface area (Å²) in [6, 6.07) is 3.22. The zero-order valence-electron chi connectivity index (χ0n) is 23.8. The number of phenolic OH excluding ortho intramolecular Hbond substituents is 1. The van der Waals surface area contributed by atoms with Gasteiger partial charge in [-0.25, -0.2) is 0 Å². The molecule has 1 aliphatic heterocycles. The van der Waals surface area contributed by atoms with Crippen LogP contribution in [0.15, 0.2) is 12.1 Å². The molecule has 0 bridgehead atoms. The van der Waals surface area contributed by atoms with Gasteiger partial charge in [0.05, 0.1) is 5.92 Å². The molecule has 1 aliphatic carbocycles. The minimum absolute atomic E-state index is 0.159. The van der Waals surface area contributed by atoms with E-state index in [0.717, 1.165) is 18.8 Å². The lowest BCUT2D eigenvalue weighted by Gasteiger charge is -2.39. The van der Waals surface area contributed by atoms with E-state index >= 15 is 8.78 Å². The fraction of sp³-hybridized carbons (Fsp3) is 0.806. The average molecular weight is 525 g/mol. The number of rotatable bonds is 8. The standard InChI is InChI=1S/C31H50F2O2S/c1-8-9-10-11-21-12-17-27(36-20-21)22-13-15-23(16-14-22)31(32,33)35-24-18-25(29(2,3)4)28(34)26(19-24)30(5,6)7/h18-19,21-23,27,34H,8-17,20H2,1-7H3. The summed E-state index contributed by atoms with van der Waals surface area (Å²) in [6.45, 7) is 14.1. The number of hydrogen-bond acceptors (Lipinski definition) is 3. The summed E-state index contributed by atoms with van der Waals surface area (Å²) >= 11 is 2.11. The maximum absolute atomic E-state index is 15.4. The maximum Gasteiger partial charge on any atom is 0.400 e. The van der Waals surface area contributed by atoms with E-state index in [-0.39, 0.29) is 22.3 Å². The summed E-state index contributed by atoms with van der Waals surface area (Å²) in [4.78, 5) is 0. The Morgan fingerprint density at radius 3 is 1.94 bits per heavy atom. The lowest BCUT2D eigenvalue weighted by Crippen LogP contribution is -2.39. The molecule has 5 heteroatoms. The Morgan fingerprint density at radius 2 is 1.47 bits per heavy atom. The van der Waals surface area contributed by atoms with Gasteiger partial charge in [-0.2, -0.15) is 20.5 Å². The monoisotopic (exact) mass is 524 g/mol.